The first-order valence-corrected chi connectivity index (χ1v) is 7.54. The van der Waals surface area contributed by atoms with Crippen molar-refractivity contribution < 1.29 is 18.0 Å². The minimum atomic E-state index is -1.66. The van der Waals surface area contributed by atoms with Gasteiger partial charge < -0.3 is 10.6 Å². The number of carbonyl (C=O) groups is 1. The first-order chi connectivity index (χ1) is 12.4. The van der Waals surface area contributed by atoms with Gasteiger partial charge in [0.15, 0.2) is 17.5 Å². The Morgan fingerprint density at radius 2 is 1.69 bits per heavy atom. The fourth-order valence-corrected chi connectivity index (χ4v) is 2.14. The van der Waals surface area contributed by atoms with Crippen LogP contribution in [-0.2, 0) is 0 Å². The molecule has 0 aliphatic carbocycles. The molecule has 0 fully saturated rings. The molecule has 1 aromatic heterocycles. The zero-order valence-corrected chi connectivity index (χ0v) is 13.6. The molecule has 0 saturated carbocycles. The van der Waals surface area contributed by atoms with Gasteiger partial charge in [0.1, 0.15) is 17.8 Å². The number of hydrogen-bond donors (Lipinski definition) is 2. The lowest BCUT2D eigenvalue weighted by molar-refractivity contribution is 0.102. The third kappa shape index (κ3) is 3.80. The Morgan fingerprint density at radius 1 is 0.962 bits per heavy atom. The molecule has 132 valence electrons. The van der Waals surface area contributed by atoms with Crippen LogP contribution in [-0.4, -0.2) is 15.9 Å². The molecule has 0 atom stereocenters. The van der Waals surface area contributed by atoms with Crippen molar-refractivity contribution in [3.8, 4) is 0 Å². The Morgan fingerprint density at radius 3 is 2.42 bits per heavy atom. The number of hydrogen-bond acceptors (Lipinski definition) is 4. The number of halogens is 3. The lowest BCUT2D eigenvalue weighted by Crippen LogP contribution is -2.16. The predicted octanol–water partition coefficient (Wildman–Crippen LogP) is 4.20. The van der Waals surface area contributed by atoms with E-state index < -0.39 is 29.0 Å². The van der Waals surface area contributed by atoms with Crippen LogP contribution in [0, 0.1) is 24.4 Å². The lowest BCUT2D eigenvalue weighted by atomic mass is 10.2. The molecule has 8 heteroatoms. The van der Waals surface area contributed by atoms with Crippen LogP contribution in [0.15, 0.2) is 48.8 Å². The predicted molar refractivity (Wildman–Crippen MR) is 90.8 cm³/mol. The number of anilines is 3. The fourth-order valence-electron chi connectivity index (χ4n) is 2.14. The molecular weight excluding hydrogens is 345 g/mol. The summed E-state index contributed by atoms with van der Waals surface area (Å²) < 4.78 is 39.9. The molecule has 2 aromatic carbocycles. The Labute approximate surface area is 146 Å². The average Bonchev–Trinajstić information content (AvgIpc) is 2.64. The largest absolute Gasteiger partial charge is 0.340 e. The summed E-state index contributed by atoms with van der Waals surface area (Å²) in [5, 5.41) is 5.16. The van der Waals surface area contributed by atoms with Gasteiger partial charge in [-0.3, -0.25) is 4.79 Å². The number of amides is 1. The van der Waals surface area contributed by atoms with Gasteiger partial charge in [-0.15, -0.1) is 0 Å². The lowest BCUT2D eigenvalue weighted by Gasteiger charge is -2.09. The summed E-state index contributed by atoms with van der Waals surface area (Å²) in [7, 11) is 0. The van der Waals surface area contributed by atoms with E-state index in [0.29, 0.717) is 5.82 Å². The highest BCUT2D eigenvalue weighted by atomic mass is 19.2. The molecule has 5 nitrogen and oxygen atoms in total. The van der Waals surface area contributed by atoms with Crippen LogP contribution in [0.2, 0.25) is 0 Å². The number of carbonyl (C=O) groups excluding carboxylic acids is 1. The molecule has 0 saturated heterocycles. The second-order valence-electron chi connectivity index (χ2n) is 5.46. The third-order valence-electron chi connectivity index (χ3n) is 3.51. The summed E-state index contributed by atoms with van der Waals surface area (Å²) in [6.07, 6.45) is 1.16. The normalized spacial score (nSPS) is 10.5. The fraction of sp³-hybridized carbons (Fsp3) is 0.0556. The first kappa shape index (κ1) is 17.4. The molecule has 0 radical (unpaired) electrons. The minimum Gasteiger partial charge on any atom is -0.340 e. The van der Waals surface area contributed by atoms with Crippen molar-refractivity contribution in [2.24, 2.45) is 0 Å². The molecular formula is C18H13F3N4O. The van der Waals surface area contributed by atoms with Gasteiger partial charge in [0, 0.05) is 11.8 Å². The molecule has 0 aliphatic rings. The van der Waals surface area contributed by atoms with Crippen LogP contribution in [0.4, 0.5) is 30.4 Å². The summed E-state index contributed by atoms with van der Waals surface area (Å²) >= 11 is 0. The van der Waals surface area contributed by atoms with Crippen LogP contribution >= 0.6 is 0 Å². The topological polar surface area (TPSA) is 66.9 Å². The monoisotopic (exact) mass is 358 g/mol. The zero-order valence-electron chi connectivity index (χ0n) is 13.6. The summed E-state index contributed by atoms with van der Waals surface area (Å²) in [5.74, 6) is -4.92. The van der Waals surface area contributed by atoms with E-state index in [2.05, 4.69) is 20.6 Å². The van der Waals surface area contributed by atoms with Crippen molar-refractivity contribution >= 4 is 23.1 Å². The number of rotatable bonds is 4. The van der Waals surface area contributed by atoms with Crippen LogP contribution in [0.5, 0.6) is 0 Å². The smallest absolute Gasteiger partial charge is 0.274 e. The van der Waals surface area contributed by atoms with E-state index in [1.807, 2.05) is 31.2 Å². The second-order valence-corrected chi connectivity index (χ2v) is 5.46. The Balaban J connectivity index is 1.78. The SMILES string of the molecule is Cc1ccc(Nc2cc(C(=O)Nc3ccc(F)c(F)c3F)ncn2)cc1. The number of nitrogens with one attached hydrogen (secondary N) is 2. The van der Waals surface area contributed by atoms with Crippen molar-refractivity contribution in [1.82, 2.24) is 9.97 Å². The summed E-state index contributed by atoms with van der Waals surface area (Å²) in [4.78, 5) is 20.0. The van der Waals surface area contributed by atoms with Gasteiger partial charge in [0.2, 0.25) is 0 Å². The zero-order chi connectivity index (χ0) is 18.7. The summed E-state index contributed by atoms with van der Waals surface area (Å²) in [6.45, 7) is 1.95. The van der Waals surface area contributed by atoms with E-state index in [-0.39, 0.29) is 5.69 Å². The van der Waals surface area contributed by atoms with Gasteiger partial charge >= 0.3 is 0 Å². The number of nitrogens with zero attached hydrogens (tertiary/aromatic N) is 2. The highest BCUT2D eigenvalue weighted by Crippen LogP contribution is 2.21. The molecule has 3 rings (SSSR count). The van der Waals surface area contributed by atoms with Gasteiger partial charge in [-0.25, -0.2) is 23.1 Å². The highest BCUT2D eigenvalue weighted by Gasteiger charge is 2.17. The van der Waals surface area contributed by atoms with Crippen LogP contribution in [0.25, 0.3) is 0 Å². The maximum absolute atomic E-state index is 13.7. The van der Waals surface area contributed by atoms with Crippen LogP contribution in [0.1, 0.15) is 16.1 Å². The molecule has 1 amide bonds. The summed E-state index contributed by atoms with van der Waals surface area (Å²) in [5.41, 5.74) is 1.29. The summed E-state index contributed by atoms with van der Waals surface area (Å²) in [6, 6.07) is 10.5. The first-order valence-electron chi connectivity index (χ1n) is 7.54. The van der Waals surface area contributed by atoms with Gasteiger partial charge in [0.25, 0.3) is 5.91 Å². The molecule has 2 N–H and O–H groups in total. The van der Waals surface area contributed by atoms with Gasteiger partial charge in [-0.1, -0.05) is 17.7 Å². The number of aromatic nitrogens is 2. The molecule has 0 unspecified atom stereocenters. The third-order valence-corrected chi connectivity index (χ3v) is 3.51. The molecule has 0 spiro atoms. The molecule has 1 heterocycles. The van der Waals surface area contributed by atoms with Crippen molar-refractivity contribution in [2.75, 3.05) is 10.6 Å². The van der Waals surface area contributed by atoms with E-state index in [0.717, 1.165) is 29.7 Å². The quantitative estimate of drug-likeness (QED) is 0.686. The molecule has 0 bridgehead atoms. The van der Waals surface area contributed by atoms with Crippen LogP contribution < -0.4 is 10.6 Å². The maximum Gasteiger partial charge on any atom is 0.274 e. The minimum absolute atomic E-state index is 0.0706. The van der Waals surface area contributed by atoms with E-state index in [1.165, 1.54) is 6.07 Å². The number of aryl methyl sites for hydroxylation is 1. The van der Waals surface area contributed by atoms with E-state index in [9.17, 15) is 18.0 Å². The molecule has 0 aliphatic heterocycles. The van der Waals surface area contributed by atoms with Crippen molar-refractivity contribution in [3.05, 3.63) is 77.5 Å². The van der Waals surface area contributed by atoms with Crippen molar-refractivity contribution in [2.45, 2.75) is 6.92 Å². The molecule has 3 aromatic rings. The van der Waals surface area contributed by atoms with E-state index in [4.69, 9.17) is 0 Å². The molecule has 26 heavy (non-hydrogen) atoms. The van der Waals surface area contributed by atoms with Crippen LogP contribution in [0.3, 0.4) is 0 Å². The van der Waals surface area contributed by atoms with Crippen molar-refractivity contribution in [3.63, 3.8) is 0 Å². The highest BCUT2D eigenvalue weighted by molar-refractivity contribution is 6.03. The average molecular weight is 358 g/mol. The maximum atomic E-state index is 13.7. The van der Waals surface area contributed by atoms with Gasteiger partial charge in [-0.05, 0) is 31.2 Å². The van der Waals surface area contributed by atoms with Crippen molar-refractivity contribution in [1.29, 1.82) is 0 Å². The second kappa shape index (κ2) is 7.22. The van der Waals surface area contributed by atoms with Gasteiger partial charge in [-0.2, -0.15) is 0 Å². The Hall–Kier alpha value is -3.42. The van der Waals surface area contributed by atoms with E-state index >= 15 is 0 Å². The van der Waals surface area contributed by atoms with Gasteiger partial charge in [0.05, 0.1) is 5.69 Å². The Bertz CT molecular complexity index is 961. The Kier molecular flexibility index (Phi) is 4.83. The number of benzene rings is 2. The standard InChI is InChI=1S/C18H13F3N4O/c1-10-2-4-11(5-3-10)24-15-8-14(22-9-23-15)18(26)25-13-7-6-12(19)16(20)17(13)21/h2-9H,1H3,(H,25,26)(H,22,23,24). The van der Waals surface area contributed by atoms with E-state index in [1.54, 1.807) is 0 Å².